The van der Waals surface area contributed by atoms with Gasteiger partial charge in [0.1, 0.15) is 11.6 Å². The fraction of sp³-hybridized carbons (Fsp3) is 0.300. The van der Waals surface area contributed by atoms with Crippen LogP contribution in [-0.2, 0) is 0 Å². The molecule has 0 unspecified atom stereocenters. The maximum absolute atomic E-state index is 15.1. The van der Waals surface area contributed by atoms with Crippen molar-refractivity contribution in [2.75, 3.05) is 18.0 Å². The van der Waals surface area contributed by atoms with E-state index in [4.69, 9.17) is 0 Å². The van der Waals surface area contributed by atoms with Crippen LogP contribution < -0.4 is 4.90 Å². The molecule has 1 fully saturated rings. The quantitative estimate of drug-likeness (QED) is 0.621. The summed E-state index contributed by atoms with van der Waals surface area (Å²) in [6, 6.07) is 10.7. The molecule has 4 rings (SSSR count). The average Bonchev–Trinajstić information content (AvgIpc) is 3.45. The van der Waals surface area contributed by atoms with Crippen LogP contribution >= 0.6 is 0 Å². The Morgan fingerprint density at radius 3 is 2.58 bits per heavy atom. The number of fused-ring (bicyclic) bond motifs is 1. The van der Waals surface area contributed by atoms with Gasteiger partial charge in [0.05, 0.1) is 10.6 Å². The molecule has 1 N–H and O–H groups in total. The molecule has 1 heterocycles. The Hall–Kier alpha value is -2.89. The Morgan fingerprint density at radius 1 is 1.19 bits per heavy atom. The van der Waals surface area contributed by atoms with E-state index in [1.54, 1.807) is 24.3 Å². The molecule has 0 atom stereocenters. The molecule has 26 heavy (non-hydrogen) atoms. The van der Waals surface area contributed by atoms with Gasteiger partial charge in [-0.1, -0.05) is 12.8 Å². The maximum atomic E-state index is 15.1. The van der Waals surface area contributed by atoms with Crippen LogP contribution in [-0.4, -0.2) is 23.1 Å². The summed E-state index contributed by atoms with van der Waals surface area (Å²) in [6.07, 6.45) is 3.55. The summed E-state index contributed by atoms with van der Waals surface area (Å²) >= 11 is 0. The summed E-state index contributed by atoms with van der Waals surface area (Å²) in [6.45, 7) is 1.18. The van der Waals surface area contributed by atoms with Crippen LogP contribution in [0.2, 0.25) is 0 Å². The van der Waals surface area contributed by atoms with Crippen molar-refractivity contribution in [3.63, 3.8) is 0 Å². The second-order valence-corrected chi connectivity index (χ2v) is 6.95. The van der Waals surface area contributed by atoms with Crippen molar-refractivity contribution < 1.29 is 14.4 Å². The van der Waals surface area contributed by atoms with E-state index in [-0.39, 0.29) is 17.3 Å². The van der Waals surface area contributed by atoms with Crippen LogP contribution in [0.1, 0.15) is 30.4 Å². The van der Waals surface area contributed by atoms with Crippen molar-refractivity contribution in [2.24, 2.45) is 5.92 Å². The van der Waals surface area contributed by atoms with Crippen molar-refractivity contribution in [1.82, 2.24) is 0 Å². The summed E-state index contributed by atoms with van der Waals surface area (Å²) in [7, 11) is 0. The molecule has 0 saturated heterocycles. The SMILES string of the molecule is O=[N+]([O-])c1ccc(C2=C(F)c3ccc(O)cc3N(CCC3CC3)C2)cc1. The van der Waals surface area contributed by atoms with Gasteiger partial charge in [-0.15, -0.1) is 0 Å². The second-order valence-electron chi connectivity index (χ2n) is 6.95. The molecule has 1 saturated carbocycles. The number of non-ortho nitro benzene ring substituents is 1. The van der Waals surface area contributed by atoms with Crippen molar-refractivity contribution in [1.29, 1.82) is 0 Å². The lowest BCUT2D eigenvalue weighted by Gasteiger charge is -2.32. The second kappa shape index (κ2) is 6.44. The summed E-state index contributed by atoms with van der Waals surface area (Å²) in [5, 5.41) is 20.7. The molecule has 0 spiro atoms. The highest BCUT2D eigenvalue weighted by atomic mass is 19.1. The average molecular weight is 354 g/mol. The van der Waals surface area contributed by atoms with Gasteiger partial charge < -0.3 is 10.0 Å². The van der Waals surface area contributed by atoms with Gasteiger partial charge in [0.2, 0.25) is 0 Å². The number of nitrogens with zero attached hydrogens (tertiary/aromatic N) is 2. The van der Waals surface area contributed by atoms with Gasteiger partial charge in [0.15, 0.2) is 0 Å². The molecule has 5 nitrogen and oxygen atoms in total. The third-order valence-electron chi connectivity index (χ3n) is 5.10. The number of aromatic hydroxyl groups is 1. The standard InChI is InChI=1S/C20H19FN2O3/c21-20-17-8-7-16(24)11-19(17)22(10-9-13-1-2-13)12-18(20)14-3-5-15(6-4-14)23(25)26/h3-8,11,13,24H,1-2,9-10,12H2. The smallest absolute Gasteiger partial charge is 0.269 e. The first-order valence-electron chi connectivity index (χ1n) is 8.75. The Morgan fingerprint density at radius 2 is 1.92 bits per heavy atom. The monoisotopic (exact) mass is 354 g/mol. The van der Waals surface area contributed by atoms with Crippen LogP contribution in [0.3, 0.4) is 0 Å². The maximum Gasteiger partial charge on any atom is 0.269 e. The number of nitro benzene ring substituents is 1. The van der Waals surface area contributed by atoms with Crippen molar-refractivity contribution in [3.8, 4) is 5.75 Å². The zero-order valence-electron chi connectivity index (χ0n) is 14.2. The molecule has 1 aliphatic carbocycles. The number of hydrogen-bond acceptors (Lipinski definition) is 4. The number of hydrogen-bond donors (Lipinski definition) is 1. The Labute approximate surface area is 150 Å². The molecule has 134 valence electrons. The first-order chi connectivity index (χ1) is 12.5. The third kappa shape index (κ3) is 3.14. The van der Waals surface area contributed by atoms with Crippen LogP contribution in [0.15, 0.2) is 42.5 Å². The zero-order chi connectivity index (χ0) is 18.3. The Balaban J connectivity index is 1.71. The Bertz CT molecular complexity index is 888. The molecule has 2 aliphatic rings. The van der Waals surface area contributed by atoms with Gasteiger partial charge in [-0.25, -0.2) is 4.39 Å². The number of rotatable bonds is 5. The van der Waals surface area contributed by atoms with E-state index in [0.717, 1.165) is 18.9 Å². The number of anilines is 1. The summed E-state index contributed by atoms with van der Waals surface area (Å²) < 4.78 is 15.1. The molecule has 0 radical (unpaired) electrons. The minimum absolute atomic E-state index is 0.0125. The number of halogens is 1. The van der Waals surface area contributed by atoms with Crippen LogP contribution in [0, 0.1) is 16.0 Å². The first-order valence-corrected chi connectivity index (χ1v) is 8.75. The highest BCUT2D eigenvalue weighted by Crippen LogP contribution is 2.42. The number of benzene rings is 2. The number of phenols is 1. The van der Waals surface area contributed by atoms with Gasteiger partial charge in [-0.05, 0) is 42.2 Å². The summed E-state index contributed by atoms with van der Waals surface area (Å²) in [5.74, 6) is 0.526. The highest BCUT2D eigenvalue weighted by Gasteiger charge is 2.28. The van der Waals surface area contributed by atoms with Crippen molar-refractivity contribution in [3.05, 3.63) is 63.7 Å². The van der Waals surface area contributed by atoms with E-state index >= 15 is 4.39 Å². The van der Waals surface area contributed by atoms with Crippen LogP contribution in [0.5, 0.6) is 5.75 Å². The van der Waals surface area contributed by atoms with Gasteiger partial charge in [0, 0.05) is 42.4 Å². The van der Waals surface area contributed by atoms with E-state index in [9.17, 15) is 15.2 Å². The molecular weight excluding hydrogens is 335 g/mol. The lowest BCUT2D eigenvalue weighted by molar-refractivity contribution is -0.384. The van der Waals surface area contributed by atoms with E-state index < -0.39 is 4.92 Å². The lowest BCUT2D eigenvalue weighted by Crippen LogP contribution is -2.30. The van der Waals surface area contributed by atoms with E-state index in [1.807, 2.05) is 0 Å². The van der Waals surface area contributed by atoms with E-state index in [0.29, 0.717) is 28.9 Å². The molecule has 0 bridgehead atoms. The summed E-state index contributed by atoms with van der Waals surface area (Å²) in [4.78, 5) is 12.5. The molecule has 2 aromatic rings. The first kappa shape index (κ1) is 16.6. The normalized spacial score (nSPS) is 16.6. The fourth-order valence-corrected chi connectivity index (χ4v) is 3.42. The molecular formula is C20H19FN2O3. The van der Waals surface area contributed by atoms with Crippen molar-refractivity contribution >= 4 is 22.8 Å². The zero-order valence-corrected chi connectivity index (χ0v) is 14.2. The minimum atomic E-state index is -0.463. The van der Waals surface area contributed by atoms with Gasteiger partial charge in [-0.3, -0.25) is 10.1 Å². The largest absolute Gasteiger partial charge is 0.508 e. The molecule has 6 heteroatoms. The van der Waals surface area contributed by atoms with Gasteiger partial charge in [-0.2, -0.15) is 0 Å². The number of nitro groups is 1. The number of phenolic OH excluding ortho intramolecular Hbond substituents is 1. The van der Waals surface area contributed by atoms with Crippen molar-refractivity contribution in [2.45, 2.75) is 19.3 Å². The lowest BCUT2D eigenvalue weighted by atomic mass is 9.95. The Kier molecular flexibility index (Phi) is 4.11. The van der Waals surface area contributed by atoms with Gasteiger partial charge in [0.25, 0.3) is 5.69 Å². The van der Waals surface area contributed by atoms with E-state index in [2.05, 4.69) is 4.90 Å². The van der Waals surface area contributed by atoms with Crippen LogP contribution in [0.4, 0.5) is 15.8 Å². The third-order valence-corrected chi connectivity index (χ3v) is 5.10. The van der Waals surface area contributed by atoms with E-state index in [1.165, 1.54) is 31.0 Å². The molecule has 0 aromatic heterocycles. The summed E-state index contributed by atoms with van der Waals surface area (Å²) in [5.41, 5.74) is 2.31. The minimum Gasteiger partial charge on any atom is -0.508 e. The topological polar surface area (TPSA) is 66.6 Å². The highest BCUT2D eigenvalue weighted by molar-refractivity contribution is 5.96. The van der Waals surface area contributed by atoms with Gasteiger partial charge >= 0.3 is 0 Å². The predicted octanol–water partition coefficient (Wildman–Crippen LogP) is 4.76. The molecule has 0 amide bonds. The predicted molar refractivity (Wildman–Crippen MR) is 98.7 cm³/mol. The fourth-order valence-electron chi connectivity index (χ4n) is 3.42. The molecule has 1 aliphatic heterocycles. The molecule has 2 aromatic carbocycles. The van der Waals surface area contributed by atoms with Crippen LogP contribution in [0.25, 0.3) is 11.4 Å².